The van der Waals surface area contributed by atoms with Crippen molar-refractivity contribution < 1.29 is 4.79 Å². The zero-order valence-electron chi connectivity index (χ0n) is 8.63. The van der Waals surface area contributed by atoms with Gasteiger partial charge in [0.05, 0.1) is 5.54 Å². The summed E-state index contributed by atoms with van der Waals surface area (Å²) in [5.74, 6) is 0.158. The quantitative estimate of drug-likeness (QED) is 0.640. The number of hydrogen-bond donors (Lipinski definition) is 1. The van der Waals surface area contributed by atoms with Crippen molar-refractivity contribution in [2.75, 3.05) is 13.1 Å². The van der Waals surface area contributed by atoms with Crippen LogP contribution in [0.15, 0.2) is 12.7 Å². The molecule has 74 valence electrons. The predicted molar refractivity (Wildman–Crippen MR) is 53.5 cm³/mol. The Hall–Kier alpha value is -0.830. The van der Waals surface area contributed by atoms with Crippen molar-refractivity contribution in [2.24, 2.45) is 0 Å². The summed E-state index contributed by atoms with van der Waals surface area (Å²) in [6.07, 6.45) is 1.77. The third kappa shape index (κ3) is 1.91. The highest BCUT2D eigenvalue weighted by Crippen LogP contribution is 2.16. The number of carbonyl (C=O) groups excluding carboxylic acids is 1. The Kier molecular flexibility index (Phi) is 2.76. The SMILES string of the molecule is C=CCN1C(=O)C(C)(C)NCC1C. The number of nitrogens with one attached hydrogen (secondary N) is 1. The number of amides is 1. The maximum Gasteiger partial charge on any atom is 0.242 e. The molecule has 1 fully saturated rings. The summed E-state index contributed by atoms with van der Waals surface area (Å²) in [6, 6.07) is 0.263. The van der Waals surface area contributed by atoms with E-state index in [2.05, 4.69) is 11.9 Å². The molecule has 1 aliphatic rings. The lowest BCUT2D eigenvalue weighted by atomic mass is 9.98. The molecule has 0 aromatic rings. The van der Waals surface area contributed by atoms with E-state index in [4.69, 9.17) is 0 Å². The summed E-state index contributed by atoms with van der Waals surface area (Å²) >= 11 is 0. The van der Waals surface area contributed by atoms with E-state index in [1.165, 1.54) is 0 Å². The van der Waals surface area contributed by atoms with Gasteiger partial charge >= 0.3 is 0 Å². The maximum atomic E-state index is 11.9. The summed E-state index contributed by atoms with van der Waals surface area (Å²) in [5.41, 5.74) is -0.421. The van der Waals surface area contributed by atoms with Crippen LogP contribution < -0.4 is 5.32 Å². The highest BCUT2D eigenvalue weighted by Gasteiger charge is 2.37. The molecule has 1 heterocycles. The van der Waals surface area contributed by atoms with E-state index in [-0.39, 0.29) is 11.9 Å². The Morgan fingerprint density at radius 2 is 2.38 bits per heavy atom. The minimum Gasteiger partial charge on any atom is -0.333 e. The molecule has 1 amide bonds. The molecule has 0 radical (unpaired) electrons. The lowest BCUT2D eigenvalue weighted by Gasteiger charge is -2.42. The van der Waals surface area contributed by atoms with Gasteiger partial charge in [0.25, 0.3) is 0 Å². The smallest absolute Gasteiger partial charge is 0.242 e. The summed E-state index contributed by atoms with van der Waals surface area (Å²) in [4.78, 5) is 13.7. The summed E-state index contributed by atoms with van der Waals surface area (Å²) < 4.78 is 0. The van der Waals surface area contributed by atoms with Crippen LogP contribution >= 0.6 is 0 Å². The third-order valence-corrected chi connectivity index (χ3v) is 2.49. The second-order valence-corrected chi connectivity index (χ2v) is 4.10. The van der Waals surface area contributed by atoms with Crippen LogP contribution in [-0.2, 0) is 4.79 Å². The zero-order chi connectivity index (χ0) is 10.1. The van der Waals surface area contributed by atoms with E-state index in [0.717, 1.165) is 6.54 Å². The third-order valence-electron chi connectivity index (χ3n) is 2.49. The number of hydrogen-bond acceptors (Lipinski definition) is 2. The van der Waals surface area contributed by atoms with Crippen LogP contribution in [0.25, 0.3) is 0 Å². The first-order valence-corrected chi connectivity index (χ1v) is 4.66. The number of rotatable bonds is 2. The van der Waals surface area contributed by atoms with Crippen LogP contribution in [0, 0.1) is 0 Å². The van der Waals surface area contributed by atoms with Crippen LogP contribution in [0.1, 0.15) is 20.8 Å². The Bertz CT molecular complexity index is 223. The summed E-state index contributed by atoms with van der Waals surface area (Å²) in [5, 5.41) is 3.22. The largest absolute Gasteiger partial charge is 0.333 e. The van der Waals surface area contributed by atoms with Gasteiger partial charge in [-0.2, -0.15) is 0 Å². The molecule has 1 atom stereocenters. The standard InChI is InChI=1S/C10H18N2O/c1-5-6-12-8(2)7-11-10(3,4)9(12)13/h5,8,11H,1,6-7H2,2-4H3. The van der Waals surface area contributed by atoms with Crippen LogP contribution in [-0.4, -0.2) is 35.5 Å². The van der Waals surface area contributed by atoms with Crippen molar-refractivity contribution in [3.8, 4) is 0 Å². The van der Waals surface area contributed by atoms with E-state index in [9.17, 15) is 4.79 Å². The first kappa shape index (κ1) is 10.3. The van der Waals surface area contributed by atoms with Gasteiger partial charge in [-0.1, -0.05) is 6.08 Å². The van der Waals surface area contributed by atoms with E-state index in [1.54, 1.807) is 6.08 Å². The number of nitrogens with zero attached hydrogens (tertiary/aromatic N) is 1. The fourth-order valence-corrected chi connectivity index (χ4v) is 1.55. The predicted octanol–water partition coefficient (Wildman–Crippen LogP) is 0.771. The molecule has 0 aromatic carbocycles. The zero-order valence-corrected chi connectivity index (χ0v) is 8.63. The van der Waals surface area contributed by atoms with Gasteiger partial charge in [0.2, 0.25) is 5.91 Å². The van der Waals surface area contributed by atoms with Gasteiger partial charge in [0, 0.05) is 19.1 Å². The van der Waals surface area contributed by atoms with Crippen molar-refractivity contribution in [1.29, 1.82) is 0 Å². The highest BCUT2D eigenvalue weighted by atomic mass is 16.2. The second kappa shape index (κ2) is 3.50. The molecule has 3 nitrogen and oxygen atoms in total. The summed E-state index contributed by atoms with van der Waals surface area (Å²) in [6.45, 7) is 11.0. The molecule has 3 heteroatoms. The molecular formula is C10H18N2O. The van der Waals surface area contributed by atoms with Crippen molar-refractivity contribution in [2.45, 2.75) is 32.4 Å². The molecular weight excluding hydrogens is 164 g/mol. The molecule has 0 aromatic heterocycles. The minimum atomic E-state index is -0.421. The van der Waals surface area contributed by atoms with Crippen molar-refractivity contribution in [1.82, 2.24) is 10.2 Å². The molecule has 0 aliphatic carbocycles. The van der Waals surface area contributed by atoms with Gasteiger partial charge in [-0.3, -0.25) is 4.79 Å². The van der Waals surface area contributed by atoms with E-state index in [0.29, 0.717) is 6.54 Å². The molecule has 1 rings (SSSR count). The van der Waals surface area contributed by atoms with Gasteiger partial charge in [0.15, 0.2) is 0 Å². The van der Waals surface area contributed by atoms with Gasteiger partial charge in [-0.15, -0.1) is 6.58 Å². The number of piperazine rings is 1. The molecule has 1 aliphatic heterocycles. The number of carbonyl (C=O) groups is 1. The highest BCUT2D eigenvalue weighted by molar-refractivity contribution is 5.86. The van der Waals surface area contributed by atoms with Crippen molar-refractivity contribution in [3.63, 3.8) is 0 Å². The average molecular weight is 182 g/mol. The molecule has 0 saturated carbocycles. The van der Waals surface area contributed by atoms with Crippen LogP contribution in [0.2, 0.25) is 0 Å². The molecule has 13 heavy (non-hydrogen) atoms. The van der Waals surface area contributed by atoms with Gasteiger partial charge in [0.1, 0.15) is 0 Å². The fourth-order valence-electron chi connectivity index (χ4n) is 1.55. The molecule has 1 N–H and O–H groups in total. The van der Waals surface area contributed by atoms with E-state index in [1.807, 2.05) is 25.7 Å². The van der Waals surface area contributed by atoms with E-state index < -0.39 is 5.54 Å². The minimum absolute atomic E-state index is 0.158. The molecule has 1 saturated heterocycles. The molecule has 1 unspecified atom stereocenters. The Morgan fingerprint density at radius 1 is 1.77 bits per heavy atom. The van der Waals surface area contributed by atoms with Gasteiger partial charge in [-0.25, -0.2) is 0 Å². The maximum absolute atomic E-state index is 11.9. The Labute approximate surface area is 79.8 Å². The van der Waals surface area contributed by atoms with Crippen molar-refractivity contribution in [3.05, 3.63) is 12.7 Å². The molecule has 0 spiro atoms. The lowest BCUT2D eigenvalue weighted by Crippen LogP contribution is -2.64. The Morgan fingerprint density at radius 3 is 2.92 bits per heavy atom. The summed E-state index contributed by atoms with van der Waals surface area (Å²) in [7, 11) is 0. The average Bonchev–Trinajstić information content (AvgIpc) is 2.07. The second-order valence-electron chi connectivity index (χ2n) is 4.10. The Balaban J connectivity index is 2.78. The van der Waals surface area contributed by atoms with E-state index >= 15 is 0 Å². The first-order chi connectivity index (χ1) is 5.99. The topological polar surface area (TPSA) is 32.3 Å². The normalized spacial score (nSPS) is 27.5. The first-order valence-electron chi connectivity index (χ1n) is 4.66. The van der Waals surface area contributed by atoms with Crippen LogP contribution in [0.3, 0.4) is 0 Å². The van der Waals surface area contributed by atoms with Gasteiger partial charge in [-0.05, 0) is 20.8 Å². The monoisotopic (exact) mass is 182 g/mol. The van der Waals surface area contributed by atoms with Crippen LogP contribution in [0.4, 0.5) is 0 Å². The lowest BCUT2D eigenvalue weighted by molar-refractivity contribution is -0.141. The van der Waals surface area contributed by atoms with Crippen molar-refractivity contribution >= 4 is 5.91 Å². The fraction of sp³-hybridized carbons (Fsp3) is 0.700. The van der Waals surface area contributed by atoms with Gasteiger partial charge < -0.3 is 10.2 Å². The van der Waals surface area contributed by atoms with Crippen LogP contribution in [0.5, 0.6) is 0 Å². The molecule has 0 bridgehead atoms.